The van der Waals surface area contributed by atoms with Crippen LogP contribution in [0.3, 0.4) is 0 Å². The van der Waals surface area contributed by atoms with Gasteiger partial charge in [0.25, 0.3) is 5.91 Å². The molecular formula is C17H32N2O4. The van der Waals surface area contributed by atoms with Crippen molar-refractivity contribution in [3.05, 3.63) is 0 Å². The molecule has 3 N–H and O–H groups in total. The topological polar surface area (TPSA) is 89.9 Å². The monoisotopic (exact) mass is 328 g/mol. The first-order chi connectivity index (χ1) is 11.0. The van der Waals surface area contributed by atoms with Crippen LogP contribution in [0.4, 0.5) is 0 Å². The second-order valence-electron chi connectivity index (χ2n) is 6.50. The molecule has 0 aromatic heterocycles. The Labute approximate surface area is 139 Å². The molecule has 134 valence electrons. The Hall–Kier alpha value is -1.14. The minimum Gasteiger partial charge on any atom is -0.388 e. The molecule has 1 saturated heterocycles. The summed E-state index contributed by atoms with van der Waals surface area (Å²) in [5.74, 6) is -0.718. The first kappa shape index (κ1) is 19.9. The number of aliphatic hydroxyl groups excluding tert-OH is 2. The number of rotatable bonds is 10. The van der Waals surface area contributed by atoms with E-state index in [1.54, 1.807) is 4.90 Å². The number of carbonyl (C=O) groups excluding carboxylic acids is 2. The van der Waals surface area contributed by atoms with Crippen LogP contribution >= 0.6 is 0 Å². The second kappa shape index (κ2) is 10.6. The van der Waals surface area contributed by atoms with Crippen LogP contribution in [0.5, 0.6) is 0 Å². The summed E-state index contributed by atoms with van der Waals surface area (Å²) in [4.78, 5) is 24.7. The number of likely N-dealkylation sites (tertiary alicyclic amines) is 1. The lowest BCUT2D eigenvalue weighted by Gasteiger charge is -2.39. The number of hydrogen-bond donors (Lipinski definition) is 3. The zero-order valence-corrected chi connectivity index (χ0v) is 14.5. The first-order valence-electron chi connectivity index (χ1n) is 8.89. The van der Waals surface area contributed by atoms with E-state index in [1.807, 2.05) is 0 Å². The summed E-state index contributed by atoms with van der Waals surface area (Å²) in [5.41, 5.74) is 0. The molecule has 0 radical (unpaired) electrons. The molecule has 1 fully saturated rings. The number of amides is 2. The lowest BCUT2D eigenvalue weighted by atomic mass is 9.98. The molecule has 23 heavy (non-hydrogen) atoms. The van der Waals surface area contributed by atoms with Crippen molar-refractivity contribution in [2.75, 3.05) is 13.1 Å². The van der Waals surface area contributed by atoms with Crippen LogP contribution in [0.15, 0.2) is 0 Å². The SMILES string of the molecule is CCCCCCCCCCN1C[C@H](NC(C)=O)[C@@H](O)[C@@H](O)C1=O. The standard InChI is InChI=1S/C17H32N2O4/c1-3-4-5-6-7-8-9-10-11-19-12-14(18-13(2)20)15(21)16(22)17(19)23/h14-16,21-22H,3-12H2,1-2H3,(H,18,20)/t14-,15+,16+/m0/s1. The maximum absolute atomic E-state index is 12.0. The van der Waals surface area contributed by atoms with Gasteiger partial charge < -0.3 is 20.4 Å². The predicted molar refractivity (Wildman–Crippen MR) is 88.8 cm³/mol. The largest absolute Gasteiger partial charge is 0.388 e. The van der Waals surface area contributed by atoms with Gasteiger partial charge in [-0.25, -0.2) is 0 Å². The average molecular weight is 328 g/mol. The Kier molecular flexibility index (Phi) is 9.17. The van der Waals surface area contributed by atoms with Gasteiger partial charge in [0.15, 0.2) is 6.10 Å². The van der Waals surface area contributed by atoms with Gasteiger partial charge in [-0.1, -0.05) is 51.9 Å². The molecule has 0 aromatic rings. The molecule has 0 unspecified atom stereocenters. The van der Waals surface area contributed by atoms with Crippen molar-refractivity contribution in [2.45, 2.75) is 83.5 Å². The molecular weight excluding hydrogens is 296 g/mol. The van der Waals surface area contributed by atoms with Gasteiger partial charge in [-0.15, -0.1) is 0 Å². The van der Waals surface area contributed by atoms with Crippen molar-refractivity contribution in [1.29, 1.82) is 0 Å². The van der Waals surface area contributed by atoms with Gasteiger partial charge in [0.2, 0.25) is 5.91 Å². The Balaban J connectivity index is 2.28. The minimum absolute atomic E-state index is 0.257. The number of piperidine rings is 1. The third kappa shape index (κ3) is 6.87. The second-order valence-corrected chi connectivity index (χ2v) is 6.50. The van der Waals surface area contributed by atoms with Gasteiger partial charge in [0, 0.05) is 20.0 Å². The normalized spacial score (nSPS) is 24.8. The highest BCUT2D eigenvalue weighted by atomic mass is 16.3. The maximum Gasteiger partial charge on any atom is 0.254 e. The summed E-state index contributed by atoms with van der Waals surface area (Å²) in [7, 11) is 0. The lowest BCUT2D eigenvalue weighted by Crippen LogP contribution is -2.63. The molecule has 1 rings (SSSR count). The first-order valence-corrected chi connectivity index (χ1v) is 8.89. The van der Waals surface area contributed by atoms with E-state index in [-0.39, 0.29) is 12.5 Å². The van der Waals surface area contributed by atoms with Gasteiger partial charge in [-0.05, 0) is 6.42 Å². The van der Waals surface area contributed by atoms with Crippen LogP contribution in [-0.4, -0.2) is 58.3 Å². The Bertz CT molecular complexity index is 376. The molecule has 0 aliphatic carbocycles. The lowest BCUT2D eigenvalue weighted by molar-refractivity contribution is -0.156. The van der Waals surface area contributed by atoms with Crippen LogP contribution in [0.25, 0.3) is 0 Å². The predicted octanol–water partition coefficient (Wildman–Crippen LogP) is 1.20. The Morgan fingerprint density at radius 1 is 1.13 bits per heavy atom. The summed E-state index contributed by atoms with van der Waals surface area (Å²) in [5, 5.41) is 22.3. The summed E-state index contributed by atoms with van der Waals surface area (Å²) >= 11 is 0. The van der Waals surface area contributed by atoms with Crippen molar-refractivity contribution in [1.82, 2.24) is 10.2 Å². The number of aliphatic hydroxyl groups is 2. The van der Waals surface area contributed by atoms with E-state index in [1.165, 1.54) is 39.0 Å². The van der Waals surface area contributed by atoms with Crippen LogP contribution in [0.2, 0.25) is 0 Å². The van der Waals surface area contributed by atoms with E-state index < -0.39 is 24.2 Å². The molecule has 3 atom stereocenters. The Morgan fingerprint density at radius 2 is 1.70 bits per heavy atom. The van der Waals surface area contributed by atoms with Gasteiger partial charge in [0.1, 0.15) is 6.10 Å². The van der Waals surface area contributed by atoms with Crippen molar-refractivity contribution in [3.63, 3.8) is 0 Å². The van der Waals surface area contributed by atoms with Gasteiger partial charge in [0.05, 0.1) is 6.04 Å². The number of carbonyl (C=O) groups is 2. The zero-order valence-electron chi connectivity index (χ0n) is 14.5. The molecule has 2 amide bonds. The number of nitrogens with zero attached hydrogens (tertiary/aromatic N) is 1. The van der Waals surface area contributed by atoms with Crippen LogP contribution in [-0.2, 0) is 9.59 Å². The van der Waals surface area contributed by atoms with E-state index in [4.69, 9.17) is 0 Å². The van der Waals surface area contributed by atoms with Crippen molar-refractivity contribution in [2.24, 2.45) is 0 Å². The van der Waals surface area contributed by atoms with Crippen molar-refractivity contribution in [3.8, 4) is 0 Å². The molecule has 6 heteroatoms. The number of unbranched alkanes of at least 4 members (excludes halogenated alkanes) is 7. The zero-order chi connectivity index (χ0) is 17.2. The highest BCUT2D eigenvalue weighted by Crippen LogP contribution is 2.15. The third-order valence-corrected chi connectivity index (χ3v) is 4.39. The fraction of sp³-hybridized carbons (Fsp3) is 0.882. The Morgan fingerprint density at radius 3 is 2.26 bits per heavy atom. The van der Waals surface area contributed by atoms with E-state index in [2.05, 4.69) is 12.2 Å². The van der Waals surface area contributed by atoms with E-state index >= 15 is 0 Å². The summed E-state index contributed by atoms with van der Waals surface area (Å²) in [6.07, 6.45) is 6.75. The van der Waals surface area contributed by atoms with Crippen LogP contribution in [0, 0.1) is 0 Å². The molecule has 0 bridgehead atoms. The van der Waals surface area contributed by atoms with E-state index in [9.17, 15) is 19.8 Å². The van der Waals surface area contributed by atoms with Gasteiger partial charge >= 0.3 is 0 Å². The third-order valence-electron chi connectivity index (χ3n) is 4.39. The number of hydrogen-bond acceptors (Lipinski definition) is 4. The van der Waals surface area contributed by atoms with E-state index in [0.717, 1.165) is 19.3 Å². The average Bonchev–Trinajstić information content (AvgIpc) is 2.51. The quantitative estimate of drug-likeness (QED) is 0.526. The highest BCUT2D eigenvalue weighted by molar-refractivity contribution is 5.83. The maximum atomic E-state index is 12.0. The number of nitrogens with one attached hydrogen (secondary N) is 1. The highest BCUT2D eigenvalue weighted by Gasteiger charge is 2.40. The fourth-order valence-electron chi connectivity index (χ4n) is 3.02. The molecule has 6 nitrogen and oxygen atoms in total. The minimum atomic E-state index is -1.45. The molecule has 1 aliphatic rings. The fourth-order valence-corrected chi connectivity index (χ4v) is 3.02. The smallest absolute Gasteiger partial charge is 0.254 e. The van der Waals surface area contributed by atoms with Crippen LogP contribution < -0.4 is 5.32 Å². The molecule has 0 spiro atoms. The van der Waals surface area contributed by atoms with Gasteiger partial charge in [-0.3, -0.25) is 9.59 Å². The van der Waals surface area contributed by atoms with Gasteiger partial charge in [-0.2, -0.15) is 0 Å². The summed E-state index contributed by atoms with van der Waals surface area (Å²) in [6.45, 7) is 4.38. The molecule has 0 saturated carbocycles. The molecule has 0 aromatic carbocycles. The van der Waals surface area contributed by atoms with Crippen molar-refractivity contribution >= 4 is 11.8 Å². The molecule has 1 heterocycles. The molecule has 1 aliphatic heterocycles. The summed E-state index contributed by atoms with van der Waals surface area (Å²) < 4.78 is 0. The van der Waals surface area contributed by atoms with Crippen LogP contribution in [0.1, 0.15) is 65.2 Å². The van der Waals surface area contributed by atoms with E-state index in [0.29, 0.717) is 6.54 Å². The van der Waals surface area contributed by atoms with Crippen molar-refractivity contribution < 1.29 is 19.8 Å². The summed E-state index contributed by atoms with van der Waals surface area (Å²) in [6, 6.07) is -0.603.